The van der Waals surface area contributed by atoms with Crippen LogP contribution in [0.2, 0.25) is 0 Å². The van der Waals surface area contributed by atoms with Crippen molar-refractivity contribution >= 4 is 63.3 Å². The maximum atomic E-state index is 14.1. The van der Waals surface area contributed by atoms with Crippen LogP contribution < -0.4 is 10.6 Å². The highest BCUT2D eigenvalue weighted by Crippen LogP contribution is 2.45. The smallest absolute Gasteiger partial charge is 0.316 e. The van der Waals surface area contributed by atoms with Crippen molar-refractivity contribution < 1.29 is 24.0 Å². The number of rotatable bonds is 16. The number of nitrogens with zero attached hydrogens (tertiary/aromatic N) is 3. The number of β-lactam (4-membered cyclic amide) rings is 1. The van der Waals surface area contributed by atoms with Crippen molar-refractivity contribution in [3.63, 3.8) is 0 Å². The van der Waals surface area contributed by atoms with E-state index in [9.17, 15) is 14.4 Å². The molecule has 10 nitrogen and oxygen atoms in total. The number of benzene rings is 5. The highest BCUT2D eigenvalue weighted by atomic mass is 35.5. The lowest BCUT2D eigenvalue weighted by Gasteiger charge is -2.53. The number of carbonyl (C=O) groups is 3. The third-order valence-corrected chi connectivity index (χ3v) is 13.6. The Labute approximate surface area is 367 Å². The van der Waals surface area contributed by atoms with Crippen molar-refractivity contribution in [1.82, 2.24) is 15.2 Å². The average Bonchev–Trinajstić information content (AvgIpc) is 3.79. The molecule has 2 aliphatic heterocycles. The molecule has 0 aliphatic carbocycles. The second-order valence-electron chi connectivity index (χ2n) is 14.7. The van der Waals surface area contributed by atoms with Gasteiger partial charge in [-0.25, -0.2) is 4.98 Å². The summed E-state index contributed by atoms with van der Waals surface area (Å²) in [5.41, 5.74) is 2.73. The Bertz CT molecular complexity index is 2360. The second kappa shape index (κ2) is 18.6. The molecule has 0 spiro atoms. The van der Waals surface area contributed by atoms with Gasteiger partial charge in [-0.1, -0.05) is 169 Å². The fourth-order valence-corrected chi connectivity index (χ4v) is 10.3. The summed E-state index contributed by atoms with van der Waals surface area (Å²) < 4.78 is 6.23. The molecule has 5 aromatic carbocycles. The fourth-order valence-electron chi connectivity index (χ4n) is 7.65. The molecular formula is C48H42ClN5O5S2. The Hall–Kier alpha value is -6.21. The van der Waals surface area contributed by atoms with E-state index in [2.05, 4.69) is 58.8 Å². The molecule has 0 bridgehead atoms. The Morgan fingerprint density at radius 3 is 1.90 bits per heavy atom. The molecule has 13 heteroatoms. The van der Waals surface area contributed by atoms with Gasteiger partial charge in [0.1, 0.15) is 34.7 Å². The van der Waals surface area contributed by atoms with Crippen molar-refractivity contribution in [2.24, 2.45) is 10.6 Å². The van der Waals surface area contributed by atoms with Crippen LogP contribution in [-0.4, -0.2) is 69.6 Å². The Morgan fingerprint density at radius 1 is 0.869 bits per heavy atom. The van der Waals surface area contributed by atoms with Crippen LogP contribution in [-0.2, 0) is 29.5 Å². The first-order valence-electron chi connectivity index (χ1n) is 19.7. The van der Waals surface area contributed by atoms with Gasteiger partial charge in [0.2, 0.25) is 5.91 Å². The normalized spacial score (nSPS) is 18.7. The van der Waals surface area contributed by atoms with Crippen LogP contribution >= 0.6 is 34.7 Å². The van der Waals surface area contributed by atoms with Crippen LogP contribution in [0.15, 0.2) is 175 Å². The molecule has 2 saturated heterocycles. The summed E-state index contributed by atoms with van der Waals surface area (Å²) in [5, 5.41) is 12.6. The van der Waals surface area contributed by atoms with Gasteiger partial charge in [-0.15, -0.1) is 34.7 Å². The topological polar surface area (TPSA) is 122 Å². The minimum Gasteiger partial charge on any atom is -0.452 e. The molecular weight excluding hydrogens is 826 g/mol. The molecule has 308 valence electrons. The largest absolute Gasteiger partial charge is 0.452 e. The van der Waals surface area contributed by atoms with E-state index in [-0.39, 0.29) is 42.1 Å². The SMILES string of the molecule is C=CCON=C(C(=O)NC1C(=O)N2CC(CCl)(C(=O)OC(c3ccccc3)c3ccccc3)CS[C@H]12)c1csc(NC(c2ccccc2)(c2ccccc2)c2ccccc2)n1. The van der Waals surface area contributed by atoms with Crippen LogP contribution in [0.4, 0.5) is 5.13 Å². The lowest BCUT2D eigenvalue weighted by molar-refractivity contribution is -0.164. The van der Waals surface area contributed by atoms with Gasteiger partial charge < -0.3 is 25.1 Å². The van der Waals surface area contributed by atoms with E-state index in [0.717, 1.165) is 27.8 Å². The number of hydrogen-bond donors (Lipinski definition) is 2. The van der Waals surface area contributed by atoms with Gasteiger partial charge in [0.05, 0.1) is 0 Å². The third kappa shape index (κ3) is 8.43. The van der Waals surface area contributed by atoms with Gasteiger partial charge in [0, 0.05) is 23.6 Å². The van der Waals surface area contributed by atoms with Crippen LogP contribution in [0.3, 0.4) is 0 Å². The monoisotopic (exact) mass is 867 g/mol. The van der Waals surface area contributed by atoms with E-state index in [1.807, 2.05) is 115 Å². The van der Waals surface area contributed by atoms with Crippen molar-refractivity contribution in [1.29, 1.82) is 0 Å². The lowest BCUT2D eigenvalue weighted by atomic mass is 9.77. The molecule has 3 atom stereocenters. The van der Waals surface area contributed by atoms with Crippen molar-refractivity contribution in [3.05, 3.63) is 203 Å². The highest BCUT2D eigenvalue weighted by Gasteiger charge is 2.58. The molecule has 6 aromatic rings. The number of thioether (sulfide) groups is 1. The number of carbonyl (C=O) groups excluding carboxylic acids is 3. The Kier molecular flexibility index (Phi) is 12.7. The van der Waals surface area contributed by atoms with Crippen molar-refractivity contribution in [2.75, 3.05) is 30.1 Å². The van der Waals surface area contributed by atoms with Gasteiger partial charge >= 0.3 is 5.97 Å². The third-order valence-electron chi connectivity index (χ3n) is 10.8. The molecule has 2 fully saturated rings. The molecule has 0 saturated carbocycles. The zero-order valence-electron chi connectivity index (χ0n) is 32.9. The Balaban J connectivity index is 1.01. The first kappa shape index (κ1) is 41.5. The maximum absolute atomic E-state index is 14.1. The van der Waals surface area contributed by atoms with E-state index in [0.29, 0.717) is 5.13 Å². The van der Waals surface area contributed by atoms with Crippen LogP contribution in [0.5, 0.6) is 0 Å². The zero-order valence-corrected chi connectivity index (χ0v) is 35.3. The van der Waals surface area contributed by atoms with Gasteiger partial charge in [-0.05, 0) is 27.8 Å². The number of ether oxygens (including phenoxy) is 1. The molecule has 2 aliphatic rings. The second-order valence-corrected chi connectivity index (χ2v) is 16.9. The standard InChI is InChI=1S/C48H42ClN5O5S2/c1-2-28-58-53-39(38-29-60-46(50-38)52-48(35-22-12-5-13-23-35,36-24-14-6-15-25-36)37-26-16-7-17-27-37)42(55)51-40-43(56)54-31-47(30-49,32-61-44(40)54)45(57)59-41(33-18-8-3-9-19-33)34-20-10-4-11-21-34/h2-27,29,40-41,44H,1,28,30-32H2,(H,50,52)(H,51,55)/t40?,44-,47?/m1/s1. The molecule has 2 amide bonds. The predicted octanol–water partition coefficient (Wildman–Crippen LogP) is 8.41. The summed E-state index contributed by atoms with van der Waals surface area (Å²) in [5.74, 6) is -1.25. The first-order chi connectivity index (χ1) is 29.9. The van der Waals surface area contributed by atoms with Crippen molar-refractivity contribution in [2.45, 2.75) is 23.1 Å². The first-order valence-corrected chi connectivity index (χ1v) is 22.1. The summed E-state index contributed by atoms with van der Waals surface area (Å²) >= 11 is 9.25. The van der Waals surface area contributed by atoms with Gasteiger partial charge in [0.25, 0.3) is 5.91 Å². The number of fused-ring (bicyclic) bond motifs is 1. The molecule has 2 unspecified atom stereocenters. The quantitative estimate of drug-likeness (QED) is 0.0146. The number of hydrogen-bond acceptors (Lipinski definition) is 10. The molecule has 1 aromatic heterocycles. The number of thiazole rings is 1. The summed E-state index contributed by atoms with van der Waals surface area (Å²) in [6.07, 6.45) is 0.856. The minimum absolute atomic E-state index is 0.0466. The number of oxime groups is 1. The summed E-state index contributed by atoms with van der Waals surface area (Å²) in [6.45, 7) is 3.79. The number of amides is 2. The van der Waals surface area contributed by atoms with E-state index in [1.54, 1.807) is 10.3 Å². The Morgan fingerprint density at radius 2 is 1.39 bits per heavy atom. The number of esters is 1. The van der Waals surface area contributed by atoms with Gasteiger partial charge in [-0.2, -0.15) is 0 Å². The van der Waals surface area contributed by atoms with Crippen LogP contribution in [0.1, 0.15) is 39.6 Å². The van der Waals surface area contributed by atoms with Crippen molar-refractivity contribution in [3.8, 4) is 0 Å². The fraction of sp³-hybridized carbons (Fsp3) is 0.188. The van der Waals surface area contributed by atoms with Gasteiger partial charge in [-0.3, -0.25) is 14.4 Å². The lowest BCUT2D eigenvalue weighted by Crippen LogP contribution is -2.74. The molecule has 2 N–H and O–H groups in total. The zero-order chi connectivity index (χ0) is 42.2. The van der Waals surface area contributed by atoms with Gasteiger partial charge in [0.15, 0.2) is 16.9 Å². The summed E-state index contributed by atoms with van der Waals surface area (Å²) in [4.78, 5) is 53.9. The minimum atomic E-state index is -1.17. The predicted molar refractivity (Wildman–Crippen MR) is 241 cm³/mol. The van der Waals surface area contributed by atoms with E-state index in [4.69, 9.17) is 26.2 Å². The number of nitrogens with one attached hydrogen (secondary N) is 2. The number of anilines is 1. The average molecular weight is 868 g/mol. The maximum Gasteiger partial charge on any atom is 0.316 e. The summed E-state index contributed by atoms with van der Waals surface area (Å²) in [7, 11) is 0. The van der Waals surface area contributed by atoms with E-state index in [1.165, 1.54) is 29.2 Å². The molecule has 8 rings (SSSR count). The number of alkyl halides is 1. The molecule has 0 radical (unpaired) electrons. The molecule has 3 heterocycles. The number of aromatic nitrogens is 1. The number of halogens is 1. The van der Waals surface area contributed by atoms with Crippen LogP contribution in [0, 0.1) is 5.41 Å². The summed E-state index contributed by atoms with van der Waals surface area (Å²) in [6, 6.07) is 48.5. The highest BCUT2D eigenvalue weighted by molar-refractivity contribution is 8.00. The molecule has 61 heavy (non-hydrogen) atoms. The van der Waals surface area contributed by atoms with Crippen LogP contribution in [0.25, 0.3) is 0 Å². The van der Waals surface area contributed by atoms with E-state index < -0.39 is 40.4 Å². The van der Waals surface area contributed by atoms with E-state index >= 15 is 0 Å².